The minimum atomic E-state index is -0.452. The fourth-order valence-corrected chi connectivity index (χ4v) is 3.12. The zero-order valence-corrected chi connectivity index (χ0v) is 14.7. The number of hydrogen-bond acceptors (Lipinski definition) is 3. The van der Waals surface area contributed by atoms with Gasteiger partial charge in [-0.1, -0.05) is 47.5 Å². The Morgan fingerprint density at radius 3 is 2.48 bits per heavy atom. The molecule has 25 heavy (non-hydrogen) atoms. The maximum Gasteiger partial charge on any atom is 0.245 e. The third kappa shape index (κ3) is 4.00. The monoisotopic (exact) mass is 375 g/mol. The maximum atomic E-state index is 12.3. The third-order valence-electron chi connectivity index (χ3n) is 3.93. The number of hydrazone groups is 1. The number of nitrogens with one attached hydrogen (secondary N) is 1. The lowest BCUT2D eigenvalue weighted by Gasteiger charge is -2.16. The molecule has 2 aromatic carbocycles. The molecule has 1 saturated heterocycles. The van der Waals surface area contributed by atoms with E-state index in [1.54, 1.807) is 23.1 Å². The van der Waals surface area contributed by atoms with Crippen molar-refractivity contribution in [1.29, 1.82) is 0 Å². The normalized spacial score (nSPS) is 17.3. The summed E-state index contributed by atoms with van der Waals surface area (Å²) in [5.74, 6) is -0.845. The summed E-state index contributed by atoms with van der Waals surface area (Å²) in [6, 6.07) is 14.4. The Morgan fingerprint density at radius 2 is 1.80 bits per heavy atom. The molecule has 0 spiro atoms. The Kier molecular flexibility index (Phi) is 5.36. The SMILES string of the molecule is O=C(NN=Cc1c(Cl)cccc1Cl)C1CC(=O)N(c2ccccc2)C1. The molecule has 3 rings (SSSR count). The highest BCUT2D eigenvalue weighted by Crippen LogP contribution is 2.25. The van der Waals surface area contributed by atoms with Gasteiger partial charge in [0.15, 0.2) is 0 Å². The van der Waals surface area contributed by atoms with Gasteiger partial charge >= 0.3 is 0 Å². The van der Waals surface area contributed by atoms with E-state index >= 15 is 0 Å². The van der Waals surface area contributed by atoms with Gasteiger partial charge in [-0.3, -0.25) is 9.59 Å². The number of carbonyl (C=O) groups excluding carboxylic acids is 2. The fourth-order valence-electron chi connectivity index (χ4n) is 2.63. The Labute approximate surface area is 155 Å². The van der Waals surface area contributed by atoms with Crippen LogP contribution in [0.5, 0.6) is 0 Å². The van der Waals surface area contributed by atoms with Crippen molar-refractivity contribution in [2.75, 3.05) is 11.4 Å². The average Bonchev–Trinajstić information content (AvgIpc) is 3.00. The van der Waals surface area contributed by atoms with Gasteiger partial charge in [-0.15, -0.1) is 0 Å². The molecular weight excluding hydrogens is 361 g/mol. The maximum absolute atomic E-state index is 12.3. The number of para-hydroxylation sites is 1. The molecule has 1 aliphatic heterocycles. The Bertz CT molecular complexity index is 804. The molecular formula is C18H15Cl2N3O2. The van der Waals surface area contributed by atoms with E-state index in [1.807, 2.05) is 30.3 Å². The van der Waals surface area contributed by atoms with Gasteiger partial charge in [0.1, 0.15) is 0 Å². The van der Waals surface area contributed by atoms with Crippen LogP contribution in [0.4, 0.5) is 5.69 Å². The zero-order valence-electron chi connectivity index (χ0n) is 13.2. The van der Waals surface area contributed by atoms with Crippen LogP contribution in [-0.2, 0) is 9.59 Å². The standard InChI is InChI=1S/C18H15Cl2N3O2/c19-15-7-4-8-16(20)14(15)10-21-22-18(25)12-9-17(24)23(11-12)13-5-2-1-3-6-13/h1-8,10,12H,9,11H2,(H,22,25). The van der Waals surface area contributed by atoms with Crippen molar-refractivity contribution in [2.45, 2.75) is 6.42 Å². The minimum Gasteiger partial charge on any atom is -0.312 e. The van der Waals surface area contributed by atoms with Crippen LogP contribution in [0.15, 0.2) is 53.6 Å². The van der Waals surface area contributed by atoms with Gasteiger partial charge in [-0.25, -0.2) is 5.43 Å². The number of carbonyl (C=O) groups is 2. The minimum absolute atomic E-state index is 0.0792. The molecule has 1 heterocycles. The molecule has 1 unspecified atom stereocenters. The highest BCUT2D eigenvalue weighted by Gasteiger charge is 2.34. The molecule has 0 radical (unpaired) electrons. The lowest BCUT2D eigenvalue weighted by Crippen LogP contribution is -2.30. The second-order valence-electron chi connectivity index (χ2n) is 5.61. The van der Waals surface area contributed by atoms with E-state index < -0.39 is 5.92 Å². The summed E-state index contributed by atoms with van der Waals surface area (Å²) in [4.78, 5) is 26.0. The molecule has 5 nitrogen and oxygen atoms in total. The fraction of sp³-hybridized carbons (Fsp3) is 0.167. The largest absolute Gasteiger partial charge is 0.312 e. The summed E-state index contributed by atoms with van der Waals surface area (Å²) >= 11 is 12.1. The van der Waals surface area contributed by atoms with Gasteiger partial charge in [0.25, 0.3) is 0 Å². The van der Waals surface area contributed by atoms with Gasteiger partial charge in [0.05, 0.1) is 22.2 Å². The van der Waals surface area contributed by atoms with Gasteiger partial charge in [-0.2, -0.15) is 5.10 Å². The molecule has 0 aliphatic carbocycles. The van der Waals surface area contributed by atoms with Crippen molar-refractivity contribution in [1.82, 2.24) is 5.43 Å². The number of nitrogens with zero attached hydrogens (tertiary/aromatic N) is 2. The summed E-state index contributed by atoms with van der Waals surface area (Å²) in [6.07, 6.45) is 1.55. The van der Waals surface area contributed by atoms with Crippen LogP contribution in [0.3, 0.4) is 0 Å². The molecule has 0 saturated carbocycles. The molecule has 2 aromatic rings. The molecule has 1 fully saturated rings. The van der Waals surface area contributed by atoms with E-state index in [0.717, 1.165) is 5.69 Å². The van der Waals surface area contributed by atoms with Crippen LogP contribution in [-0.4, -0.2) is 24.6 Å². The topological polar surface area (TPSA) is 61.8 Å². The number of amides is 2. The number of benzene rings is 2. The lowest BCUT2D eigenvalue weighted by atomic mass is 10.1. The first-order valence-electron chi connectivity index (χ1n) is 7.68. The molecule has 0 bridgehead atoms. The quantitative estimate of drug-likeness (QED) is 0.656. The predicted molar refractivity (Wildman–Crippen MR) is 99.1 cm³/mol. The van der Waals surface area contributed by atoms with Gasteiger partial charge < -0.3 is 4.90 Å². The second kappa shape index (κ2) is 7.68. The highest BCUT2D eigenvalue weighted by atomic mass is 35.5. The summed E-state index contributed by atoms with van der Waals surface area (Å²) in [7, 11) is 0. The molecule has 0 aromatic heterocycles. The van der Waals surface area contributed by atoms with E-state index in [0.29, 0.717) is 22.2 Å². The summed E-state index contributed by atoms with van der Waals surface area (Å²) in [5.41, 5.74) is 3.77. The van der Waals surface area contributed by atoms with Crippen molar-refractivity contribution in [3.8, 4) is 0 Å². The van der Waals surface area contributed by atoms with Crippen LogP contribution < -0.4 is 10.3 Å². The van der Waals surface area contributed by atoms with Crippen LogP contribution in [0.25, 0.3) is 0 Å². The summed E-state index contributed by atoms with van der Waals surface area (Å²) in [6.45, 7) is 0.330. The summed E-state index contributed by atoms with van der Waals surface area (Å²) < 4.78 is 0. The van der Waals surface area contributed by atoms with Crippen molar-refractivity contribution in [3.05, 3.63) is 64.1 Å². The Morgan fingerprint density at radius 1 is 1.12 bits per heavy atom. The number of anilines is 1. The van der Waals surface area contributed by atoms with Crippen LogP contribution in [0, 0.1) is 5.92 Å². The highest BCUT2D eigenvalue weighted by molar-refractivity contribution is 6.38. The Hall–Kier alpha value is -2.37. The van der Waals surface area contributed by atoms with E-state index in [9.17, 15) is 9.59 Å². The van der Waals surface area contributed by atoms with Gasteiger partial charge in [0, 0.05) is 24.2 Å². The van der Waals surface area contributed by atoms with Gasteiger partial charge in [-0.05, 0) is 24.3 Å². The van der Waals surface area contributed by atoms with Crippen LogP contribution in [0.1, 0.15) is 12.0 Å². The van der Waals surface area contributed by atoms with Crippen molar-refractivity contribution in [2.24, 2.45) is 11.0 Å². The number of halogens is 2. The van der Waals surface area contributed by atoms with Crippen molar-refractivity contribution in [3.63, 3.8) is 0 Å². The van der Waals surface area contributed by atoms with Gasteiger partial charge in [0.2, 0.25) is 11.8 Å². The van der Waals surface area contributed by atoms with Crippen LogP contribution >= 0.6 is 23.2 Å². The average molecular weight is 376 g/mol. The van der Waals surface area contributed by atoms with Crippen LogP contribution in [0.2, 0.25) is 10.0 Å². The Balaban J connectivity index is 1.63. The number of rotatable bonds is 4. The van der Waals surface area contributed by atoms with E-state index in [-0.39, 0.29) is 18.2 Å². The zero-order chi connectivity index (χ0) is 17.8. The molecule has 128 valence electrons. The molecule has 1 atom stereocenters. The van der Waals surface area contributed by atoms with E-state index in [1.165, 1.54) is 6.21 Å². The van der Waals surface area contributed by atoms with Crippen molar-refractivity contribution < 1.29 is 9.59 Å². The summed E-state index contributed by atoms with van der Waals surface area (Å²) in [5, 5.41) is 4.79. The van der Waals surface area contributed by atoms with Crippen molar-refractivity contribution >= 4 is 46.9 Å². The molecule has 2 amide bonds. The second-order valence-corrected chi connectivity index (χ2v) is 6.42. The molecule has 1 aliphatic rings. The molecule has 1 N–H and O–H groups in total. The first kappa shape index (κ1) is 17.5. The lowest BCUT2D eigenvalue weighted by molar-refractivity contribution is -0.126. The number of hydrogen-bond donors (Lipinski definition) is 1. The first-order chi connectivity index (χ1) is 12.1. The third-order valence-corrected chi connectivity index (χ3v) is 4.59. The smallest absolute Gasteiger partial charge is 0.245 e. The molecule has 7 heteroatoms. The predicted octanol–water partition coefficient (Wildman–Crippen LogP) is 3.50. The van der Waals surface area contributed by atoms with E-state index in [4.69, 9.17) is 23.2 Å². The van der Waals surface area contributed by atoms with E-state index in [2.05, 4.69) is 10.5 Å². The first-order valence-corrected chi connectivity index (χ1v) is 8.44.